The van der Waals surface area contributed by atoms with Crippen LogP contribution in [0.15, 0.2) is 24.3 Å². The number of aromatic hydroxyl groups is 5. The van der Waals surface area contributed by atoms with Crippen LogP contribution < -0.4 is 4.74 Å². The number of rotatable bonds is 14. The zero-order valence-electron chi connectivity index (χ0n) is 20.0. The number of hydrogen-bond donors (Lipinski definition) is 5. The maximum atomic E-state index is 12.4. The Morgan fingerprint density at radius 1 is 0.629 bits per heavy atom. The van der Waals surface area contributed by atoms with E-state index in [1.165, 1.54) is 38.5 Å². The summed E-state index contributed by atoms with van der Waals surface area (Å²) in [4.78, 5) is 24.7. The highest BCUT2D eigenvalue weighted by Gasteiger charge is 2.21. The average molecular weight is 491 g/mol. The highest BCUT2D eigenvalue weighted by Crippen LogP contribution is 2.39. The van der Waals surface area contributed by atoms with Gasteiger partial charge in [0.05, 0.1) is 17.7 Å². The quantitative estimate of drug-likeness (QED) is 0.0997. The van der Waals surface area contributed by atoms with E-state index in [4.69, 9.17) is 9.47 Å². The second kappa shape index (κ2) is 13.9. The lowest BCUT2D eigenvalue weighted by Gasteiger charge is -2.11. The Labute approximate surface area is 204 Å². The first-order chi connectivity index (χ1) is 16.7. The Balaban J connectivity index is 1.85. The molecule has 2 aromatic rings. The van der Waals surface area contributed by atoms with Crippen LogP contribution in [-0.4, -0.2) is 44.1 Å². The van der Waals surface area contributed by atoms with Crippen LogP contribution in [0.3, 0.4) is 0 Å². The first-order valence-corrected chi connectivity index (χ1v) is 11.9. The number of carbonyl (C=O) groups excluding carboxylic acids is 2. The molecule has 192 valence electrons. The molecule has 0 atom stereocenters. The fraction of sp³-hybridized carbons (Fsp3) is 0.462. The highest BCUT2D eigenvalue weighted by atomic mass is 16.5. The van der Waals surface area contributed by atoms with Crippen molar-refractivity contribution in [3.63, 3.8) is 0 Å². The Morgan fingerprint density at radius 2 is 1.09 bits per heavy atom. The van der Waals surface area contributed by atoms with Gasteiger partial charge in [-0.1, -0.05) is 64.7 Å². The summed E-state index contributed by atoms with van der Waals surface area (Å²) < 4.78 is 10.2. The van der Waals surface area contributed by atoms with Gasteiger partial charge in [-0.3, -0.25) is 0 Å². The molecule has 9 heteroatoms. The molecule has 0 saturated carbocycles. The SMILES string of the molecule is CCCCCCCCCCCCOC(=O)c1cc(O)c(O)c(OC(=O)c2cc(O)c(O)c(O)c2)c1. The monoisotopic (exact) mass is 490 g/mol. The van der Waals surface area contributed by atoms with Gasteiger partial charge in [-0.15, -0.1) is 0 Å². The van der Waals surface area contributed by atoms with Gasteiger partial charge < -0.3 is 35.0 Å². The van der Waals surface area contributed by atoms with Crippen LogP contribution in [0.5, 0.6) is 34.5 Å². The number of phenols is 5. The smallest absolute Gasteiger partial charge is 0.343 e. The number of benzene rings is 2. The molecule has 0 aromatic heterocycles. The van der Waals surface area contributed by atoms with Crippen molar-refractivity contribution in [2.24, 2.45) is 0 Å². The van der Waals surface area contributed by atoms with Crippen molar-refractivity contribution < 1.29 is 44.6 Å². The number of phenolic OH excluding ortho intramolecular Hbond substituents is 5. The highest BCUT2D eigenvalue weighted by molar-refractivity contribution is 5.94. The Hall–Kier alpha value is -3.62. The summed E-state index contributed by atoms with van der Waals surface area (Å²) in [5.74, 6) is -6.20. The van der Waals surface area contributed by atoms with Gasteiger partial charge in [-0.05, 0) is 30.7 Å². The van der Waals surface area contributed by atoms with Crippen molar-refractivity contribution in [2.75, 3.05) is 6.61 Å². The summed E-state index contributed by atoms with van der Waals surface area (Å²) in [7, 11) is 0. The van der Waals surface area contributed by atoms with Crippen molar-refractivity contribution in [1.29, 1.82) is 0 Å². The third kappa shape index (κ3) is 8.59. The summed E-state index contributed by atoms with van der Waals surface area (Å²) in [5, 5.41) is 48.4. The van der Waals surface area contributed by atoms with Crippen molar-refractivity contribution in [3.8, 4) is 34.5 Å². The third-order valence-electron chi connectivity index (χ3n) is 5.53. The van der Waals surface area contributed by atoms with Gasteiger partial charge in [0.1, 0.15) is 0 Å². The van der Waals surface area contributed by atoms with E-state index in [-0.39, 0.29) is 17.7 Å². The Kier molecular flexibility index (Phi) is 11.0. The lowest BCUT2D eigenvalue weighted by atomic mass is 10.1. The summed E-state index contributed by atoms with van der Waals surface area (Å²) in [6.07, 6.45) is 11.4. The zero-order valence-corrected chi connectivity index (χ0v) is 20.0. The fourth-order valence-electron chi connectivity index (χ4n) is 3.51. The van der Waals surface area contributed by atoms with Crippen LogP contribution in [0, 0.1) is 0 Å². The molecular weight excluding hydrogens is 456 g/mol. The Morgan fingerprint density at radius 3 is 1.63 bits per heavy atom. The second-order valence-electron chi connectivity index (χ2n) is 8.41. The van der Waals surface area contributed by atoms with E-state index in [9.17, 15) is 35.1 Å². The van der Waals surface area contributed by atoms with E-state index in [1.54, 1.807) is 0 Å². The van der Waals surface area contributed by atoms with E-state index >= 15 is 0 Å². The molecule has 0 aliphatic rings. The van der Waals surface area contributed by atoms with Gasteiger partial charge in [0, 0.05) is 0 Å². The van der Waals surface area contributed by atoms with Crippen LogP contribution in [0.1, 0.15) is 91.8 Å². The average Bonchev–Trinajstić information content (AvgIpc) is 2.83. The minimum absolute atomic E-state index is 0.133. The van der Waals surface area contributed by atoms with Crippen molar-refractivity contribution in [3.05, 3.63) is 35.4 Å². The number of hydrogen-bond acceptors (Lipinski definition) is 9. The molecule has 0 bridgehead atoms. The molecule has 2 rings (SSSR count). The first kappa shape index (κ1) is 27.6. The van der Waals surface area contributed by atoms with E-state index in [1.807, 2.05) is 0 Å². The summed E-state index contributed by atoms with van der Waals surface area (Å²) in [5.41, 5.74) is -0.475. The van der Waals surface area contributed by atoms with Crippen LogP contribution in [0.4, 0.5) is 0 Å². The summed E-state index contributed by atoms with van der Waals surface area (Å²) in [6.45, 7) is 2.39. The second-order valence-corrected chi connectivity index (χ2v) is 8.41. The van der Waals surface area contributed by atoms with Crippen molar-refractivity contribution in [1.82, 2.24) is 0 Å². The van der Waals surface area contributed by atoms with Gasteiger partial charge in [-0.25, -0.2) is 9.59 Å². The number of unbranched alkanes of at least 4 members (excludes halogenated alkanes) is 9. The van der Waals surface area contributed by atoms with Gasteiger partial charge >= 0.3 is 11.9 Å². The molecule has 35 heavy (non-hydrogen) atoms. The van der Waals surface area contributed by atoms with E-state index in [0.717, 1.165) is 43.5 Å². The van der Waals surface area contributed by atoms with Gasteiger partial charge in [0.25, 0.3) is 0 Å². The van der Waals surface area contributed by atoms with E-state index < -0.39 is 46.4 Å². The van der Waals surface area contributed by atoms with Gasteiger partial charge in [0.15, 0.2) is 28.7 Å². The normalized spacial score (nSPS) is 10.8. The minimum atomic E-state index is -1.12. The van der Waals surface area contributed by atoms with Crippen molar-refractivity contribution in [2.45, 2.75) is 71.1 Å². The van der Waals surface area contributed by atoms with Crippen molar-refractivity contribution >= 4 is 11.9 Å². The van der Waals surface area contributed by atoms with Gasteiger partial charge in [-0.2, -0.15) is 0 Å². The van der Waals surface area contributed by atoms with Crippen LogP contribution in [-0.2, 0) is 4.74 Å². The molecule has 0 unspecified atom stereocenters. The van der Waals surface area contributed by atoms with Crippen LogP contribution in [0.25, 0.3) is 0 Å². The number of ether oxygens (including phenoxy) is 2. The third-order valence-corrected chi connectivity index (χ3v) is 5.53. The fourth-order valence-corrected chi connectivity index (χ4v) is 3.51. The zero-order chi connectivity index (χ0) is 25.8. The molecule has 9 nitrogen and oxygen atoms in total. The van der Waals surface area contributed by atoms with E-state index in [0.29, 0.717) is 6.42 Å². The molecule has 0 aliphatic carbocycles. The maximum absolute atomic E-state index is 12.4. The topological polar surface area (TPSA) is 154 Å². The number of esters is 2. The molecular formula is C26H34O9. The maximum Gasteiger partial charge on any atom is 0.343 e. The van der Waals surface area contributed by atoms with Crippen LogP contribution in [0.2, 0.25) is 0 Å². The molecule has 0 saturated heterocycles. The van der Waals surface area contributed by atoms with E-state index in [2.05, 4.69) is 6.92 Å². The molecule has 0 heterocycles. The lowest BCUT2D eigenvalue weighted by molar-refractivity contribution is 0.0495. The summed E-state index contributed by atoms with van der Waals surface area (Å²) >= 11 is 0. The first-order valence-electron chi connectivity index (χ1n) is 11.9. The molecule has 0 fully saturated rings. The molecule has 2 aromatic carbocycles. The Bertz CT molecular complexity index is 978. The molecule has 0 amide bonds. The van der Waals surface area contributed by atoms with Gasteiger partial charge in [0.2, 0.25) is 5.75 Å². The predicted octanol–water partition coefficient (Wildman–Crippen LogP) is 5.51. The molecule has 0 aliphatic heterocycles. The molecule has 0 radical (unpaired) electrons. The lowest BCUT2D eigenvalue weighted by Crippen LogP contribution is -2.10. The number of carbonyl (C=O) groups is 2. The summed E-state index contributed by atoms with van der Waals surface area (Å²) in [6, 6.07) is 3.72. The standard InChI is InChI=1S/C26H34O9/c1-2-3-4-5-6-7-8-9-10-11-12-34-25(32)18-15-21(29)24(31)22(16-18)35-26(33)17-13-19(27)23(30)20(28)14-17/h13-16,27-31H,2-12H2,1H3. The molecule has 0 spiro atoms. The largest absolute Gasteiger partial charge is 0.504 e. The molecule has 5 N–H and O–H groups in total. The minimum Gasteiger partial charge on any atom is -0.504 e. The van der Waals surface area contributed by atoms with Crippen LogP contribution >= 0.6 is 0 Å². The predicted molar refractivity (Wildman–Crippen MR) is 128 cm³/mol.